The molecular formula is C36H44Cl2N4. The highest BCUT2D eigenvalue weighted by Gasteiger charge is 2.24. The molecule has 222 valence electrons. The van der Waals surface area contributed by atoms with Gasteiger partial charge in [-0.15, -0.1) is 0 Å². The monoisotopic (exact) mass is 602 g/mol. The number of hydrogen-bond donors (Lipinski definition) is 0. The average Bonchev–Trinajstić information content (AvgIpc) is 3.50. The van der Waals surface area contributed by atoms with Crippen molar-refractivity contribution in [2.45, 2.75) is 81.8 Å². The van der Waals surface area contributed by atoms with Crippen LogP contribution < -0.4 is 33.9 Å². The molecular weight excluding hydrogens is 559 g/mol. The minimum Gasteiger partial charge on any atom is -1.00 e. The van der Waals surface area contributed by atoms with Gasteiger partial charge in [0.1, 0.15) is 48.7 Å². The van der Waals surface area contributed by atoms with E-state index in [4.69, 9.17) is 0 Å². The highest BCUT2D eigenvalue weighted by atomic mass is 35.5. The first-order chi connectivity index (χ1) is 18.9. The molecule has 0 aliphatic rings. The van der Waals surface area contributed by atoms with Crippen molar-refractivity contribution in [2.24, 2.45) is 0 Å². The van der Waals surface area contributed by atoms with Gasteiger partial charge in [0.15, 0.2) is 0 Å². The average molecular weight is 604 g/mol. The Hall–Kier alpha value is -3.34. The van der Waals surface area contributed by atoms with Gasteiger partial charge in [0, 0.05) is 5.56 Å². The van der Waals surface area contributed by atoms with Gasteiger partial charge in [0.25, 0.3) is 0 Å². The van der Waals surface area contributed by atoms with Crippen molar-refractivity contribution in [1.29, 1.82) is 0 Å². The van der Waals surface area contributed by atoms with E-state index >= 15 is 0 Å². The SMILES string of the molecule is Cc1cc(C)c(-n2cc[n+](Cc3c(C)cc(C)c(C(C)[n+]4ccn(-c5c(C)cc(C)cc5C)c4)c3C)c2)c(C)c1.[Cl-].[Cl-]. The molecule has 0 saturated heterocycles. The molecule has 6 heteroatoms. The summed E-state index contributed by atoms with van der Waals surface area (Å²) in [4.78, 5) is 0. The molecule has 0 radical (unpaired) electrons. The standard InChI is InChI=1S/C36H44N4.2ClH/c1-23-15-27(5)35(28(6)16-23)39-12-11-37(21-39)20-33-25(3)19-26(4)34(31(33)9)32(10)38-13-14-40(22-38)36-29(7)17-24(2)18-30(36)8;;/h11-19,21-22,32H,20H2,1-10H3;2*1H/q+2;;/p-2. The van der Waals surface area contributed by atoms with E-state index in [9.17, 15) is 0 Å². The Labute approximate surface area is 264 Å². The molecule has 4 nitrogen and oxygen atoms in total. The number of imidazole rings is 2. The summed E-state index contributed by atoms with van der Waals surface area (Å²) < 4.78 is 9.19. The van der Waals surface area contributed by atoms with Crippen LogP contribution in [0.3, 0.4) is 0 Å². The van der Waals surface area contributed by atoms with Gasteiger partial charge in [0.05, 0.1) is 0 Å². The Balaban J connectivity index is 0.00000242. The van der Waals surface area contributed by atoms with Gasteiger partial charge in [-0.2, -0.15) is 0 Å². The van der Waals surface area contributed by atoms with Crippen molar-refractivity contribution in [3.05, 3.63) is 129 Å². The molecule has 1 atom stereocenters. The first-order valence-corrected chi connectivity index (χ1v) is 14.4. The van der Waals surface area contributed by atoms with Crippen molar-refractivity contribution in [1.82, 2.24) is 9.13 Å². The highest BCUT2D eigenvalue weighted by molar-refractivity contribution is 5.50. The fourth-order valence-electron chi connectivity index (χ4n) is 6.97. The van der Waals surface area contributed by atoms with Gasteiger partial charge in [0.2, 0.25) is 12.7 Å². The number of rotatable bonds is 6. The summed E-state index contributed by atoms with van der Waals surface area (Å²) in [6, 6.07) is 11.7. The predicted molar refractivity (Wildman–Crippen MR) is 164 cm³/mol. The van der Waals surface area contributed by atoms with Crippen molar-refractivity contribution in [3.8, 4) is 11.4 Å². The molecule has 5 rings (SSSR count). The topological polar surface area (TPSA) is 17.6 Å². The van der Waals surface area contributed by atoms with E-state index in [-0.39, 0.29) is 30.9 Å². The molecule has 42 heavy (non-hydrogen) atoms. The first kappa shape index (κ1) is 33.2. The molecule has 5 aromatic rings. The summed E-state index contributed by atoms with van der Waals surface area (Å²) in [6.07, 6.45) is 13.3. The van der Waals surface area contributed by atoms with E-state index in [1.807, 2.05) is 0 Å². The minimum absolute atomic E-state index is 0. The van der Waals surface area contributed by atoms with Gasteiger partial charge in [-0.25, -0.2) is 18.3 Å². The molecule has 0 spiro atoms. The summed E-state index contributed by atoms with van der Waals surface area (Å²) in [5.41, 5.74) is 17.3. The molecule has 0 bridgehead atoms. The number of nitrogens with zero attached hydrogens (tertiary/aromatic N) is 4. The number of benzene rings is 3. The van der Waals surface area contributed by atoms with Gasteiger partial charge in [-0.3, -0.25) is 0 Å². The van der Waals surface area contributed by atoms with E-state index in [0.29, 0.717) is 0 Å². The maximum Gasteiger partial charge on any atom is 0.249 e. The smallest absolute Gasteiger partial charge is 0.249 e. The van der Waals surface area contributed by atoms with E-state index in [1.165, 1.54) is 72.6 Å². The van der Waals surface area contributed by atoms with Gasteiger partial charge >= 0.3 is 0 Å². The van der Waals surface area contributed by atoms with Crippen molar-refractivity contribution in [3.63, 3.8) is 0 Å². The van der Waals surface area contributed by atoms with Crippen LogP contribution in [0.15, 0.2) is 67.8 Å². The van der Waals surface area contributed by atoms with Crippen LogP contribution >= 0.6 is 0 Å². The van der Waals surface area contributed by atoms with Crippen LogP contribution in [0.4, 0.5) is 0 Å². The Morgan fingerprint density at radius 2 is 1.07 bits per heavy atom. The second kappa shape index (κ2) is 12.9. The Morgan fingerprint density at radius 3 is 1.60 bits per heavy atom. The fourth-order valence-corrected chi connectivity index (χ4v) is 6.97. The fraction of sp³-hybridized carbons (Fsp3) is 0.333. The van der Waals surface area contributed by atoms with Crippen LogP contribution in [0.25, 0.3) is 11.4 Å². The lowest BCUT2D eigenvalue weighted by Gasteiger charge is -2.20. The van der Waals surface area contributed by atoms with E-state index in [0.717, 1.165) is 6.54 Å². The molecule has 2 aromatic heterocycles. The third-order valence-electron chi connectivity index (χ3n) is 8.53. The van der Waals surface area contributed by atoms with Gasteiger partial charge in [-0.05, 0) is 114 Å². The van der Waals surface area contributed by atoms with Crippen LogP contribution in [-0.2, 0) is 6.54 Å². The number of aryl methyl sites for hydroxylation is 8. The molecule has 0 amide bonds. The molecule has 0 fully saturated rings. The molecule has 0 aliphatic heterocycles. The number of hydrogen-bond acceptors (Lipinski definition) is 0. The summed E-state index contributed by atoms with van der Waals surface area (Å²) in [5.74, 6) is 0. The lowest BCUT2D eigenvalue weighted by Crippen LogP contribution is -3.00. The summed E-state index contributed by atoms with van der Waals surface area (Å²) in [7, 11) is 0. The predicted octanol–water partition coefficient (Wildman–Crippen LogP) is 1.28. The molecule has 0 saturated carbocycles. The highest BCUT2D eigenvalue weighted by Crippen LogP contribution is 2.28. The first-order valence-electron chi connectivity index (χ1n) is 14.4. The lowest BCUT2D eigenvalue weighted by molar-refractivity contribution is -0.709. The third kappa shape index (κ3) is 6.21. The zero-order valence-electron chi connectivity index (χ0n) is 26.7. The van der Waals surface area contributed by atoms with E-state index in [2.05, 4.69) is 155 Å². The third-order valence-corrected chi connectivity index (χ3v) is 8.53. The zero-order chi connectivity index (χ0) is 28.9. The second-order valence-corrected chi connectivity index (χ2v) is 12.0. The molecule has 0 N–H and O–H groups in total. The van der Waals surface area contributed by atoms with Gasteiger partial charge in [-0.1, -0.05) is 41.5 Å². The summed E-state index contributed by atoms with van der Waals surface area (Å²) in [6.45, 7) is 23.1. The zero-order valence-corrected chi connectivity index (χ0v) is 28.2. The van der Waals surface area contributed by atoms with Crippen LogP contribution in [0.2, 0.25) is 0 Å². The molecule has 1 unspecified atom stereocenters. The van der Waals surface area contributed by atoms with Crippen LogP contribution in [0, 0.1) is 62.3 Å². The van der Waals surface area contributed by atoms with E-state index in [1.54, 1.807) is 0 Å². The van der Waals surface area contributed by atoms with Crippen LogP contribution in [-0.4, -0.2) is 9.13 Å². The number of halogens is 2. The Morgan fingerprint density at radius 1 is 0.595 bits per heavy atom. The van der Waals surface area contributed by atoms with Crippen molar-refractivity contribution >= 4 is 0 Å². The molecule has 0 aliphatic carbocycles. The van der Waals surface area contributed by atoms with Crippen molar-refractivity contribution < 1.29 is 33.9 Å². The Kier molecular flexibility index (Phi) is 10.2. The quantitative estimate of drug-likeness (QED) is 0.261. The molecule has 2 heterocycles. The Bertz CT molecular complexity index is 1700. The second-order valence-electron chi connectivity index (χ2n) is 12.0. The summed E-state index contributed by atoms with van der Waals surface area (Å²) in [5, 5.41) is 0. The van der Waals surface area contributed by atoms with Crippen LogP contribution in [0.5, 0.6) is 0 Å². The normalized spacial score (nSPS) is 11.7. The maximum atomic E-state index is 2.37. The molecule has 3 aromatic carbocycles. The maximum absolute atomic E-state index is 2.37. The van der Waals surface area contributed by atoms with Gasteiger partial charge < -0.3 is 24.8 Å². The van der Waals surface area contributed by atoms with Crippen molar-refractivity contribution in [2.75, 3.05) is 0 Å². The number of aromatic nitrogens is 4. The van der Waals surface area contributed by atoms with E-state index < -0.39 is 0 Å². The minimum atomic E-state index is 0. The van der Waals surface area contributed by atoms with Crippen LogP contribution in [0.1, 0.15) is 74.2 Å². The lowest BCUT2D eigenvalue weighted by atomic mass is 9.89. The largest absolute Gasteiger partial charge is 1.00 e. The summed E-state index contributed by atoms with van der Waals surface area (Å²) >= 11 is 0.